The molecule has 2 rings (SSSR count). The summed E-state index contributed by atoms with van der Waals surface area (Å²) in [6.45, 7) is 3.61. The molecule has 84 valence electrons. The van der Waals surface area contributed by atoms with Gasteiger partial charge in [0.2, 0.25) is 0 Å². The molecule has 0 unspecified atom stereocenters. The Kier molecular flexibility index (Phi) is 2.51. The number of aromatic amines is 1. The number of thiophene rings is 1. The lowest BCUT2D eigenvalue weighted by Crippen LogP contribution is -2.12. The first kappa shape index (κ1) is 10.8. The number of nitrogens with two attached hydrogens (primary N) is 1. The highest BCUT2D eigenvalue weighted by Crippen LogP contribution is 2.26. The van der Waals surface area contributed by atoms with Crippen LogP contribution in [0.3, 0.4) is 0 Å². The number of hydrogen-bond acceptors (Lipinski definition) is 4. The maximum atomic E-state index is 11.8. The van der Waals surface area contributed by atoms with Crippen molar-refractivity contribution in [2.75, 3.05) is 0 Å². The second-order valence-corrected chi connectivity index (χ2v) is 4.47. The third-order valence-corrected chi connectivity index (χ3v) is 3.61. The van der Waals surface area contributed by atoms with Gasteiger partial charge in [0.25, 0.3) is 11.5 Å². The number of nitrogens with zero attached hydrogens (tertiary/aromatic N) is 1. The predicted molar refractivity (Wildman–Crippen MR) is 62.9 cm³/mol. The van der Waals surface area contributed by atoms with Gasteiger partial charge in [-0.2, -0.15) is 0 Å². The molecule has 0 atom stereocenters. The maximum Gasteiger partial charge on any atom is 0.259 e. The van der Waals surface area contributed by atoms with E-state index in [9.17, 15) is 9.59 Å². The van der Waals surface area contributed by atoms with Crippen LogP contribution in [0.25, 0.3) is 10.2 Å². The fraction of sp³-hybridized carbons (Fsp3) is 0.300. The number of aromatic nitrogens is 2. The molecule has 0 radical (unpaired) electrons. The van der Waals surface area contributed by atoms with Crippen molar-refractivity contribution in [3.63, 3.8) is 0 Å². The number of hydrogen-bond donors (Lipinski definition) is 2. The molecule has 0 spiro atoms. The lowest BCUT2D eigenvalue weighted by atomic mass is 10.2. The van der Waals surface area contributed by atoms with E-state index in [0.29, 0.717) is 32.9 Å². The van der Waals surface area contributed by atoms with Crippen LogP contribution in [0.15, 0.2) is 4.79 Å². The smallest absolute Gasteiger partial charge is 0.259 e. The van der Waals surface area contributed by atoms with Gasteiger partial charge in [0.1, 0.15) is 10.7 Å². The molecule has 2 heterocycles. The van der Waals surface area contributed by atoms with E-state index in [0.717, 1.165) is 0 Å². The second kappa shape index (κ2) is 3.71. The van der Waals surface area contributed by atoms with Crippen molar-refractivity contribution < 1.29 is 4.79 Å². The molecule has 2 aromatic rings. The number of H-pyrrole nitrogens is 1. The molecular formula is C10H11N3O2S. The molecule has 1 amide bonds. The van der Waals surface area contributed by atoms with E-state index in [2.05, 4.69) is 9.97 Å². The first-order valence-corrected chi connectivity index (χ1v) is 5.68. The van der Waals surface area contributed by atoms with Crippen molar-refractivity contribution in [3.05, 3.63) is 26.6 Å². The summed E-state index contributed by atoms with van der Waals surface area (Å²) < 4.78 is 0. The number of primary amides is 1. The van der Waals surface area contributed by atoms with E-state index in [1.54, 1.807) is 6.92 Å². The summed E-state index contributed by atoms with van der Waals surface area (Å²) in [6, 6.07) is 0. The molecule has 0 saturated carbocycles. The number of rotatable bonds is 2. The van der Waals surface area contributed by atoms with Gasteiger partial charge in [-0.3, -0.25) is 9.59 Å². The van der Waals surface area contributed by atoms with E-state index in [-0.39, 0.29) is 5.56 Å². The van der Waals surface area contributed by atoms with Gasteiger partial charge in [0.05, 0.1) is 10.3 Å². The van der Waals surface area contributed by atoms with E-state index < -0.39 is 5.91 Å². The van der Waals surface area contributed by atoms with Gasteiger partial charge in [-0.25, -0.2) is 4.98 Å². The second-order valence-electron chi connectivity index (χ2n) is 3.47. The first-order valence-electron chi connectivity index (χ1n) is 4.86. The van der Waals surface area contributed by atoms with Gasteiger partial charge in [-0.15, -0.1) is 11.3 Å². The average Bonchev–Trinajstić information content (AvgIpc) is 2.56. The number of carbonyl (C=O) groups is 1. The molecule has 16 heavy (non-hydrogen) atoms. The van der Waals surface area contributed by atoms with Gasteiger partial charge in [-0.1, -0.05) is 6.92 Å². The minimum absolute atomic E-state index is 0.205. The van der Waals surface area contributed by atoms with Crippen LogP contribution in [0.2, 0.25) is 0 Å². The molecule has 5 nitrogen and oxygen atoms in total. The van der Waals surface area contributed by atoms with Crippen molar-refractivity contribution in [3.8, 4) is 0 Å². The molecule has 0 aromatic carbocycles. The highest BCUT2D eigenvalue weighted by atomic mass is 32.1. The Hall–Kier alpha value is -1.69. The molecule has 0 aliphatic heterocycles. The Bertz CT molecular complexity index is 627. The van der Waals surface area contributed by atoms with Gasteiger partial charge >= 0.3 is 0 Å². The van der Waals surface area contributed by atoms with Crippen LogP contribution in [0.1, 0.15) is 28.0 Å². The summed E-state index contributed by atoms with van der Waals surface area (Å²) >= 11 is 1.17. The number of carbonyl (C=O) groups excluding carboxylic acids is 1. The molecule has 6 heteroatoms. The Labute approximate surface area is 95.3 Å². The lowest BCUT2D eigenvalue weighted by molar-refractivity contribution is 0.100. The van der Waals surface area contributed by atoms with Crippen LogP contribution in [0.4, 0.5) is 0 Å². The zero-order chi connectivity index (χ0) is 11.9. The first-order chi connectivity index (χ1) is 7.54. The highest BCUT2D eigenvalue weighted by molar-refractivity contribution is 7.20. The van der Waals surface area contributed by atoms with Crippen LogP contribution in [0, 0.1) is 6.92 Å². The molecule has 0 fully saturated rings. The number of nitrogens with one attached hydrogen (secondary N) is 1. The fourth-order valence-electron chi connectivity index (χ4n) is 1.59. The number of amides is 1. The van der Waals surface area contributed by atoms with E-state index in [1.165, 1.54) is 11.3 Å². The van der Waals surface area contributed by atoms with E-state index in [1.807, 2.05) is 6.92 Å². The standard InChI is InChI=1S/C10H11N3O2S/c1-3-5-12-9(15)6-4(2)7(8(11)14)16-10(6)13-5/h3H2,1-2H3,(H2,11,14)(H,12,13,15). The van der Waals surface area contributed by atoms with Crippen LogP contribution in [-0.2, 0) is 6.42 Å². The summed E-state index contributed by atoms with van der Waals surface area (Å²) in [6.07, 6.45) is 0.647. The SMILES string of the molecule is CCc1nc2sc(C(N)=O)c(C)c2c(=O)[nH]1. The van der Waals surface area contributed by atoms with Gasteiger partial charge in [-0.05, 0) is 12.5 Å². The topological polar surface area (TPSA) is 88.8 Å². The monoisotopic (exact) mass is 237 g/mol. The molecule has 0 aliphatic carbocycles. The number of aryl methyl sites for hydroxylation is 2. The zero-order valence-electron chi connectivity index (χ0n) is 8.96. The minimum Gasteiger partial charge on any atom is -0.365 e. The zero-order valence-corrected chi connectivity index (χ0v) is 9.77. The summed E-state index contributed by atoms with van der Waals surface area (Å²) in [5.74, 6) is 0.104. The van der Waals surface area contributed by atoms with Crippen molar-refractivity contribution in [2.24, 2.45) is 5.73 Å². The fourth-order valence-corrected chi connectivity index (χ4v) is 2.64. The minimum atomic E-state index is -0.516. The van der Waals surface area contributed by atoms with Gasteiger partial charge < -0.3 is 10.7 Å². The largest absolute Gasteiger partial charge is 0.365 e. The van der Waals surface area contributed by atoms with Gasteiger partial charge in [0, 0.05) is 6.42 Å². The summed E-state index contributed by atoms with van der Waals surface area (Å²) in [5, 5.41) is 0.469. The lowest BCUT2D eigenvalue weighted by Gasteiger charge is -1.95. The van der Waals surface area contributed by atoms with Crippen LogP contribution in [0.5, 0.6) is 0 Å². The molecule has 0 aliphatic rings. The quantitative estimate of drug-likeness (QED) is 0.815. The third kappa shape index (κ3) is 1.51. The summed E-state index contributed by atoms with van der Waals surface area (Å²) in [5.41, 5.74) is 5.64. The Morgan fingerprint density at radius 2 is 2.25 bits per heavy atom. The average molecular weight is 237 g/mol. The Balaban J connectivity index is 2.86. The van der Waals surface area contributed by atoms with E-state index >= 15 is 0 Å². The van der Waals surface area contributed by atoms with Crippen LogP contribution >= 0.6 is 11.3 Å². The van der Waals surface area contributed by atoms with Crippen molar-refractivity contribution in [1.29, 1.82) is 0 Å². The summed E-state index contributed by atoms with van der Waals surface area (Å²) in [7, 11) is 0. The maximum absolute atomic E-state index is 11.8. The molecule has 2 aromatic heterocycles. The summed E-state index contributed by atoms with van der Waals surface area (Å²) in [4.78, 5) is 30.9. The number of fused-ring (bicyclic) bond motifs is 1. The van der Waals surface area contributed by atoms with E-state index in [4.69, 9.17) is 5.73 Å². The molecule has 0 saturated heterocycles. The molecule has 3 N–H and O–H groups in total. The Morgan fingerprint density at radius 3 is 2.81 bits per heavy atom. The highest BCUT2D eigenvalue weighted by Gasteiger charge is 2.16. The molecular weight excluding hydrogens is 226 g/mol. The normalized spacial score (nSPS) is 10.9. The van der Waals surface area contributed by atoms with Gasteiger partial charge in [0.15, 0.2) is 0 Å². The third-order valence-electron chi connectivity index (χ3n) is 2.41. The van der Waals surface area contributed by atoms with Crippen LogP contribution in [-0.4, -0.2) is 15.9 Å². The molecule has 0 bridgehead atoms. The van der Waals surface area contributed by atoms with Crippen molar-refractivity contribution in [2.45, 2.75) is 20.3 Å². The predicted octanol–water partition coefficient (Wildman–Crippen LogP) is 0.954. The van der Waals surface area contributed by atoms with Crippen molar-refractivity contribution >= 4 is 27.5 Å². The Morgan fingerprint density at radius 1 is 1.56 bits per heavy atom. The van der Waals surface area contributed by atoms with Crippen LogP contribution < -0.4 is 11.3 Å². The van der Waals surface area contributed by atoms with Crippen molar-refractivity contribution in [1.82, 2.24) is 9.97 Å².